The van der Waals surface area contributed by atoms with Crippen molar-refractivity contribution in [1.82, 2.24) is 4.98 Å². The third-order valence-corrected chi connectivity index (χ3v) is 3.65. The van der Waals surface area contributed by atoms with Crippen LogP contribution in [0, 0.1) is 0 Å². The Balaban J connectivity index is 1.87. The van der Waals surface area contributed by atoms with Crippen LogP contribution in [0.4, 0.5) is 5.69 Å². The Morgan fingerprint density at radius 1 is 1.10 bits per heavy atom. The van der Waals surface area contributed by atoms with E-state index in [2.05, 4.69) is 4.98 Å². The van der Waals surface area contributed by atoms with Crippen LogP contribution in [0.3, 0.4) is 0 Å². The van der Waals surface area contributed by atoms with Gasteiger partial charge in [0, 0.05) is 16.6 Å². The topological polar surface area (TPSA) is 56.0 Å². The molecular formula is C17H13ClN2O. The Labute approximate surface area is 127 Å². The number of nitrogen functional groups attached to an aromatic ring is 1. The monoisotopic (exact) mass is 296 g/mol. The molecule has 3 nitrogen and oxygen atoms in total. The number of pyridine rings is 1. The maximum atomic E-state index is 12.3. The van der Waals surface area contributed by atoms with Gasteiger partial charge in [0.05, 0.1) is 22.6 Å². The number of carbonyl (C=O) groups is 1. The standard InChI is InChI=1S/C17H13ClN2O/c18-14-9-12(6-8-15(14)19)17(21)10-13-7-5-11-3-1-2-4-16(11)20-13/h1-9H,10,19H2. The lowest BCUT2D eigenvalue weighted by Gasteiger charge is -2.05. The number of hydrogen-bond donors (Lipinski definition) is 1. The van der Waals surface area contributed by atoms with Crippen LogP contribution in [0.15, 0.2) is 54.6 Å². The van der Waals surface area contributed by atoms with Crippen molar-refractivity contribution in [1.29, 1.82) is 0 Å². The number of nitrogens with two attached hydrogens (primary N) is 1. The molecule has 0 saturated heterocycles. The molecule has 0 atom stereocenters. The molecule has 4 heteroatoms. The predicted molar refractivity (Wildman–Crippen MR) is 85.6 cm³/mol. The molecule has 0 bridgehead atoms. The summed E-state index contributed by atoms with van der Waals surface area (Å²) in [7, 11) is 0. The summed E-state index contributed by atoms with van der Waals surface area (Å²) in [6.45, 7) is 0. The molecule has 0 radical (unpaired) electrons. The van der Waals surface area contributed by atoms with E-state index in [0.29, 0.717) is 16.3 Å². The molecule has 0 saturated carbocycles. The molecule has 21 heavy (non-hydrogen) atoms. The molecule has 0 aliphatic heterocycles. The molecular weight excluding hydrogens is 284 g/mol. The van der Waals surface area contributed by atoms with E-state index in [1.54, 1.807) is 18.2 Å². The molecule has 1 aromatic heterocycles. The van der Waals surface area contributed by atoms with E-state index >= 15 is 0 Å². The highest BCUT2D eigenvalue weighted by Crippen LogP contribution is 2.21. The number of fused-ring (bicyclic) bond motifs is 1. The van der Waals surface area contributed by atoms with Crippen molar-refractivity contribution < 1.29 is 4.79 Å². The van der Waals surface area contributed by atoms with Gasteiger partial charge in [0.15, 0.2) is 5.78 Å². The average molecular weight is 297 g/mol. The maximum Gasteiger partial charge on any atom is 0.168 e. The van der Waals surface area contributed by atoms with Gasteiger partial charge in [-0.3, -0.25) is 9.78 Å². The van der Waals surface area contributed by atoms with Gasteiger partial charge in [-0.05, 0) is 30.3 Å². The van der Waals surface area contributed by atoms with Crippen molar-refractivity contribution >= 4 is 34.0 Å². The number of Topliss-reactive ketones (excluding diaryl/α,β-unsaturated/α-hetero) is 1. The summed E-state index contributed by atoms with van der Waals surface area (Å²) >= 11 is 5.95. The first-order valence-electron chi connectivity index (χ1n) is 6.56. The summed E-state index contributed by atoms with van der Waals surface area (Å²) in [6, 6.07) is 16.6. The highest BCUT2D eigenvalue weighted by atomic mass is 35.5. The maximum absolute atomic E-state index is 12.3. The van der Waals surface area contributed by atoms with Crippen LogP contribution in [-0.4, -0.2) is 10.8 Å². The number of rotatable bonds is 3. The second-order valence-electron chi connectivity index (χ2n) is 4.83. The molecule has 0 fully saturated rings. The molecule has 1 heterocycles. The van der Waals surface area contributed by atoms with Gasteiger partial charge >= 0.3 is 0 Å². The minimum absolute atomic E-state index is 0.0281. The van der Waals surface area contributed by atoms with Crippen molar-refractivity contribution in [3.05, 3.63) is 70.9 Å². The number of anilines is 1. The minimum atomic E-state index is -0.0281. The van der Waals surface area contributed by atoms with Gasteiger partial charge in [0.25, 0.3) is 0 Å². The quantitative estimate of drug-likeness (QED) is 0.589. The second kappa shape index (κ2) is 5.54. The summed E-state index contributed by atoms with van der Waals surface area (Å²) in [5.41, 5.74) is 8.29. The number of ketones is 1. The number of aromatic nitrogens is 1. The Kier molecular flexibility index (Phi) is 3.59. The Morgan fingerprint density at radius 3 is 2.71 bits per heavy atom. The van der Waals surface area contributed by atoms with E-state index in [1.807, 2.05) is 36.4 Å². The zero-order valence-corrected chi connectivity index (χ0v) is 12.0. The number of carbonyl (C=O) groups excluding carboxylic acids is 1. The largest absolute Gasteiger partial charge is 0.398 e. The summed E-state index contributed by atoms with van der Waals surface area (Å²) < 4.78 is 0. The van der Waals surface area contributed by atoms with Gasteiger partial charge in [-0.15, -0.1) is 0 Å². The smallest absolute Gasteiger partial charge is 0.168 e. The van der Waals surface area contributed by atoms with E-state index < -0.39 is 0 Å². The summed E-state index contributed by atoms with van der Waals surface area (Å²) in [6.07, 6.45) is 0.241. The number of nitrogens with zero attached hydrogens (tertiary/aromatic N) is 1. The molecule has 2 aromatic carbocycles. The third-order valence-electron chi connectivity index (χ3n) is 3.32. The molecule has 3 rings (SSSR count). The lowest BCUT2D eigenvalue weighted by Crippen LogP contribution is -2.05. The number of benzene rings is 2. The molecule has 104 valence electrons. The zero-order valence-electron chi connectivity index (χ0n) is 11.2. The fraction of sp³-hybridized carbons (Fsp3) is 0.0588. The van der Waals surface area contributed by atoms with Gasteiger partial charge in [-0.2, -0.15) is 0 Å². The van der Waals surface area contributed by atoms with Crippen LogP contribution in [0.2, 0.25) is 5.02 Å². The molecule has 0 unspecified atom stereocenters. The summed E-state index contributed by atoms with van der Waals surface area (Å²) in [5, 5.41) is 1.46. The summed E-state index contributed by atoms with van der Waals surface area (Å²) in [5.74, 6) is -0.0281. The van der Waals surface area contributed by atoms with E-state index in [9.17, 15) is 4.79 Å². The Bertz CT molecular complexity index is 830. The van der Waals surface area contributed by atoms with Gasteiger partial charge in [-0.25, -0.2) is 0 Å². The first kappa shape index (κ1) is 13.6. The van der Waals surface area contributed by atoms with E-state index in [-0.39, 0.29) is 12.2 Å². The van der Waals surface area contributed by atoms with Crippen LogP contribution in [0.25, 0.3) is 10.9 Å². The second-order valence-corrected chi connectivity index (χ2v) is 5.24. The van der Waals surface area contributed by atoms with Crippen LogP contribution in [-0.2, 0) is 6.42 Å². The molecule has 2 N–H and O–H groups in total. The zero-order chi connectivity index (χ0) is 14.8. The van der Waals surface area contributed by atoms with E-state index in [4.69, 9.17) is 17.3 Å². The molecule has 0 aliphatic rings. The lowest BCUT2D eigenvalue weighted by atomic mass is 10.1. The normalized spacial score (nSPS) is 10.7. The van der Waals surface area contributed by atoms with Crippen molar-refractivity contribution in [3.8, 4) is 0 Å². The fourth-order valence-electron chi connectivity index (χ4n) is 2.17. The van der Waals surface area contributed by atoms with Crippen molar-refractivity contribution in [2.24, 2.45) is 0 Å². The van der Waals surface area contributed by atoms with E-state index in [0.717, 1.165) is 16.6 Å². The first-order chi connectivity index (χ1) is 10.1. The van der Waals surface area contributed by atoms with Gasteiger partial charge in [-0.1, -0.05) is 35.9 Å². The van der Waals surface area contributed by atoms with Gasteiger partial charge < -0.3 is 5.73 Å². The molecule has 0 aliphatic carbocycles. The molecule has 0 amide bonds. The van der Waals surface area contributed by atoms with Crippen LogP contribution >= 0.6 is 11.6 Å². The minimum Gasteiger partial charge on any atom is -0.398 e. The van der Waals surface area contributed by atoms with Crippen molar-refractivity contribution in [2.45, 2.75) is 6.42 Å². The lowest BCUT2D eigenvalue weighted by molar-refractivity contribution is 0.0992. The Hall–Kier alpha value is -2.39. The number of hydrogen-bond acceptors (Lipinski definition) is 3. The first-order valence-corrected chi connectivity index (χ1v) is 6.94. The fourth-order valence-corrected chi connectivity index (χ4v) is 2.35. The predicted octanol–water partition coefficient (Wildman–Crippen LogP) is 3.90. The van der Waals surface area contributed by atoms with Crippen molar-refractivity contribution in [2.75, 3.05) is 5.73 Å². The third kappa shape index (κ3) is 2.88. The van der Waals surface area contributed by atoms with E-state index in [1.165, 1.54) is 0 Å². The Morgan fingerprint density at radius 2 is 1.90 bits per heavy atom. The highest BCUT2D eigenvalue weighted by Gasteiger charge is 2.10. The highest BCUT2D eigenvalue weighted by molar-refractivity contribution is 6.33. The molecule has 3 aromatic rings. The van der Waals surface area contributed by atoms with Crippen molar-refractivity contribution in [3.63, 3.8) is 0 Å². The van der Waals surface area contributed by atoms with Crippen LogP contribution in [0.5, 0.6) is 0 Å². The van der Waals surface area contributed by atoms with Crippen LogP contribution in [0.1, 0.15) is 16.1 Å². The van der Waals surface area contributed by atoms with Gasteiger partial charge in [0.2, 0.25) is 0 Å². The number of para-hydroxylation sites is 1. The van der Waals surface area contributed by atoms with Crippen LogP contribution < -0.4 is 5.73 Å². The summed E-state index contributed by atoms with van der Waals surface area (Å²) in [4.78, 5) is 16.8. The number of halogens is 1. The average Bonchev–Trinajstić information content (AvgIpc) is 2.50. The van der Waals surface area contributed by atoms with Gasteiger partial charge in [0.1, 0.15) is 0 Å². The molecule has 0 spiro atoms. The SMILES string of the molecule is Nc1ccc(C(=O)Cc2ccc3ccccc3n2)cc1Cl.